The maximum Gasteiger partial charge on any atom is 0.0462 e. The van der Waals surface area contributed by atoms with E-state index in [1.165, 1.54) is 33.3 Å². The maximum absolute atomic E-state index is 8.52. The Bertz CT molecular complexity index is 1240. The second-order valence-electron chi connectivity index (χ2n) is 7.53. The van der Waals surface area contributed by atoms with Crippen molar-refractivity contribution in [2.45, 2.75) is 45.7 Å². The number of aromatic nitrogens is 2. The first-order valence-electron chi connectivity index (χ1n) is 9.80. The van der Waals surface area contributed by atoms with Crippen molar-refractivity contribution in [3.8, 4) is 0 Å². The van der Waals surface area contributed by atoms with Gasteiger partial charge < -0.3 is 28.5 Å². The molecule has 2 aromatic heterocycles. The predicted molar refractivity (Wildman–Crippen MR) is 116 cm³/mol. The van der Waals surface area contributed by atoms with Gasteiger partial charge in [0, 0.05) is 68.3 Å². The molecule has 0 saturated carbocycles. The van der Waals surface area contributed by atoms with Gasteiger partial charge in [-0.25, -0.2) is 0 Å². The summed E-state index contributed by atoms with van der Waals surface area (Å²) in [5.74, 6) is 0. The molecule has 0 fully saturated rings. The summed E-state index contributed by atoms with van der Waals surface area (Å²) in [6.45, 7) is 5.25. The molecule has 3 aromatic rings. The number of fused-ring (bicyclic) bond motifs is 3. The highest BCUT2D eigenvalue weighted by molar-refractivity contribution is 7.79. The van der Waals surface area contributed by atoms with E-state index in [4.69, 9.17) is 35.0 Å². The van der Waals surface area contributed by atoms with Gasteiger partial charge >= 0.3 is 0 Å². The van der Waals surface area contributed by atoms with Crippen LogP contribution in [0.3, 0.4) is 0 Å². The molecule has 0 saturated heterocycles. The van der Waals surface area contributed by atoms with Gasteiger partial charge in [-0.3, -0.25) is 21.8 Å². The van der Waals surface area contributed by atoms with E-state index in [0.29, 0.717) is 6.04 Å². The monoisotopic (exact) mass is 497 g/mol. The highest BCUT2D eigenvalue weighted by atomic mass is 32.3. The van der Waals surface area contributed by atoms with Crippen LogP contribution in [0.1, 0.15) is 35.0 Å². The first-order chi connectivity index (χ1) is 15.2. The van der Waals surface area contributed by atoms with Crippen LogP contribution in [0.15, 0.2) is 36.5 Å². The smallest absolute Gasteiger partial charge is 0.0462 e. The molecule has 1 aromatic carbocycles. The molecule has 3 heterocycles. The van der Waals surface area contributed by atoms with E-state index >= 15 is 0 Å². The van der Waals surface area contributed by atoms with Crippen molar-refractivity contribution in [3.05, 3.63) is 64.6 Å². The number of pyridine rings is 1. The van der Waals surface area contributed by atoms with Crippen LogP contribution < -0.4 is 5.32 Å². The molecule has 2 N–H and O–H groups in total. The fraction of sp³-hybridized carbons (Fsp3) is 0.350. The summed E-state index contributed by atoms with van der Waals surface area (Å²) in [4.78, 5) is 8.05. The third-order valence-electron chi connectivity index (χ3n) is 4.90. The molecule has 0 amide bonds. The average Bonchev–Trinajstić information content (AvgIpc) is 3.03. The number of hydrogen-bond acceptors (Lipinski definition) is 10. The van der Waals surface area contributed by atoms with Crippen LogP contribution in [0.2, 0.25) is 0 Å². The van der Waals surface area contributed by atoms with E-state index in [2.05, 4.69) is 52.5 Å². The van der Waals surface area contributed by atoms with E-state index < -0.39 is 20.8 Å². The van der Waals surface area contributed by atoms with Gasteiger partial charge in [0.05, 0.1) is 0 Å². The number of H-pyrrole nitrogens is 1. The van der Waals surface area contributed by atoms with Gasteiger partial charge in [0.15, 0.2) is 0 Å². The predicted octanol–water partition coefficient (Wildman–Crippen LogP) is 1.01. The number of aryl methyl sites for hydroxylation is 3. The molecular formula is C20H23N3O8S2-4. The third kappa shape index (κ3) is 9.96. The van der Waals surface area contributed by atoms with E-state index in [-0.39, 0.29) is 0 Å². The summed E-state index contributed by atoms with van der Waals surface area (Å²) in [5.41, 5.74) is 7.99. The van der Waals surface area contributed by atoms with Gasteiger partial charge in [0.1, 0.15) is 0 Å². The summed E-state index contributed by atoms with van der Waals surface area (Å²) in [6.07, 6.45) is 5.19. The summed E-state index contributed by atoms with van der Waals surface area (Å²) < 4.78 is 68.2. The summed E-state index contributed by atoms with van der Waals surface area (Å²) in [7, 11) is -10.3. The SMILES string of the molecule is Cc1ccc(CCc2cccc3[nH]c4c(c23)CNC(C)C4)cn1.O=S(=O)([O-])[O-].O=S(=O)([O-])[O-]. The van der Waals surface area contributed by atoms with Gasteiger partial charge in [-0.15, -0.1) is 0 Å². The summed E-state index contributed by atoms with van der Waals surface area (Å²) in [6, 6.07) is 11.5. The second-order valence-corrected chi connectivity index (χ2v) is 9.17. The Kier molecular flexibility index (Phi) is 9.08. The highest BCUT2D eigenvalue weighted by Crippen LogP contribution is 2.29. The molecule has 182 valence electrons. The molecule has 0 spiro atoms. The normalized spacial score (nSPS) is 15.6. The Balaban J connectivity index is 0.000000327. The maximum atomic E-state index is 8.52. The van der Waals surface area contributed by atoms with E-state index in [9.17, 15) is 0 Å². The third-order valence-corrected chi connectivity index (χ3v) is 4.90. The van der Waals surface area contributed by atoms with Crippen LogP contribution in [0, 0.1) is 6.92 Å². The van der Waals surface area contributed by atoms with Crippen LogP contribution in [0.5, 0.6) is 0 Å². The Labute approximate surface area is 192 Å². The van der Waals surface area contributed by atoms with Crippen molar-refractivity contribution in [1.82, 2.24) is 15.3 Å². The van der Waals surface area contributed by atoms with E-state index in [0.717, 1.165) is 31.5 Å². The minimum atomic E-state index is -5.17. The largest absolute Gasteiger partial charge is 0.759 e. The molecular weight excluding hydrogens is 474 g/mol. The van der Waals surface area contributed by atoms with Crippen molar-refractivity contribution in [2.24, 2.45) is 0 Å². The van der Waals surface area contributed by atoms with Crippen molar-refractivity contribution < 1.29 is 35.0 Å². The molecule has 11 nitrogen and oxygen atoms in total. The van der Waals surface area contributed by atoms with Crippen LogP contribution in [-0.4, -0.2) is 51.1 Å². The zero-order valence-corrected chi connectivity index (χ0v) is 19.5. The zero-order valence-electron chi connectivity index (χ0n) is 17.9. The Morgan fingerprint density at radius 3 is 2.21 bits per heavy atom. The van der Waals surface area contributed by atoms with Crippen molar-refractivity contribution in [2.75, 3.05) is 0 Å². The summed E-state index contributed by atoms with van der Waals surface area (Å²) in [5, 5.41) is 5.03. The quantitative estimate of drug-likeness (QED) is 0.388. The average molecular weight is 498 g/mol. The van der Waals surface area contributed by atoms with Crippen LogP contribution in [-0.2, 0) is 46.6 Å². The number of aromatic amines is 1. The van der Waals surface area contributed by atoms with Gasteiger partial charge in [-0.2, -0.15) is 0 Å². The van der Waals surface area contributed by atoms with Crippen molar-refractivity contribution >= 4 is 31.7 Å². The van der Waals surface area contributed by atoms with Gasteiger partial charge in [-0.1, -0.05) is 18.2 Å². The second kappa shape index (κ2) is 11.2. The first-order valence-corrected chi connectivity index (χ1v) is 12.5. The molecule has 0 bridgehead atoms. The number of hydrogen-bond donors (Lipinski definition) is 2. The minimum Gasteiger partial charge on any atom is -0.759 e. The molecule has 1 aliphatic heterocycles. The zero-order chi connectivity index (χ0) is 24.8. The molecule has 1 aliphatic rings. The highest BCUT2D eigenvalue weighted by Gasteiger charge is 2.20. The lowest BCUT2D eigenvalue weighted by atomic mass is 9.96. The fourth-order valence-electron chi connectivity index (χ4n) is 3.61. The van der Waals surface area contributed by atoms with Crippen LogP contribution >= 0.6 is 0 Å². The molecule has 0 aliphatic carbocycles. The van der Waals surface area contributed by atoms with Crippen molar-refractivity contribution in [1.29, 1.82) is 0 Å². The molecule has 13 heteroatoms. The molecule has 4 rings (SSSR count). The van der Waals surface area contributed by atoms with Gasteiger partial charge in [0.25, 0.3) is 0 Å². The fourth-order valence-corrected chi connectivity index (χ4v) is 3.61. The Morgan fingerprint density at radius 2 is 1.64 bits per heavy atom. The van der Waals surface area contributed by atoms with Gasteiger partial charge in [-0.05, 0) is 55.5 Å². The summed E-state index contributed by atoms with van der Waals surface area (Å²) >= 11 is 0. The number of nitrogens with one attached hydrogen (secondary N) is 2. The van der Waals surface area contributed by atoms with Gasteiger partial charge in [0.2, 0.25) is 0 Å². The Morgan fingerprint density at radius 1 is 1.00 bits per heavy atom. The lowest BCUT2D eigenvalue weighted by Crippen LogP contribution is -2.32. The number of nitrogens with zero attached hydrogens (tertiary/aromatic N) is 1. The van der Waals surface area contributed by atoms with Crippen LogP contribution in [0.4, 0.5) is 0 Å². The number of benzene rings is 1. The van der Waals surface area contributed by atoms with Crippen LogP contribution in [0.25, 0.3) is 10.9 Å². The molecule has 1 unspecified atom stereocenters. The minimum absolute atomic E-state index is 0.553. The Hall–Kier alpha value is -2.39. The van der Waals surface area contributed by atoms with E-state index in [1.807, 2.05) is 13.1 Å². The lowest BCUT2D eigenvalue weighted by Gasteiger charge is -2.20. The topological polar surface area (TPSA) is 201 Å². The van der Waals surface area contributed by atoms with Crippen molar-refractivity contribution in [3.63, 3.8) is 0 Å². The lowest BCUT2D eigenvalue weighted by molar-refractivity contribution is 0.350. The molecule has 33 heavy (non-hydrogen) atoms. The van der Waals surface area contributed by atoms with E-state index in [1.54, 1.807) is 0 Å². The molecule has 0 radical (unpaired) electrons. The standard InChI is InChI=1S/C20H23N3.2H2O4S/c1-13-6-7-15(11-21-13)8-9-16-4-3-5-18-20(16)17-12-22-14(2)10-19(17)23-18;2*1-5(2,3)4/h3-7,11,14,22-23H,8-10,12H2,1-2H3;2*(H2,1,2,3,4)/p-4. The first kappa shape index (κ1) is 26.9. The number of rotatable bonds is 3. The molecule has 1 atom stereocenters.